The summed E-state index contributed by atoms with van der Waals surface area (Å²) in [5.74, 6) is 0.813. The first-order valence-corrected chi connectivity index (χ1v) is 9.01. The van der Waals surface area contributed by atoms with E-state index >= 15 is 0 Å². The van der Waals surface area contributed by atoms with Gasteiger partial charge in [-0.15, -0.1) is 0 Å². The van der Waals surface area contributed by atoms with Crippen LogP contribution in [0.1, 0.15) is 17.0 Å². The minimum absolute atomic E-state index is 0.0805. The largest absolute Gasteiger partial charge is 0.457 e. The van der Waals surface area contributed by atoms with E-state index in [1.807, 2.05) is 85.8 Å². The number of aliphatic hydroxyl groups is 1. The highest BCUT2D eigenvalue weighted by molar-refractivity contribution is 6.01. The third-order valence-corrected chi connectivity index (χ3v) is 4.85. The van der Waals surface area contributed by atoms with Crippen molar-refractivity contribution in [1.29, 1.82) is 0 Å². The number of ether oxygens (including phenoxy) is 1. The topological polar surface area (TPSA) is 49.8 Å². The highest BCUT2D eigenvalue weighted by atomic mass is 16.5. The Balaban J connectivity index is 1.52. The fraction of sp³-hybridized carbons (Fsp3) is 0.174. The summed E-state index contributed by atoms with van der Waals surface area (Å²) in [4.78, 5) is 14.6. The van der Waals surface area contributed by atoms with Crippen LogP contribution in [0.5, 0.6) is 11.5 Å². The molecule has 0 spiro atoms. The number of rotatable bonds is 4. The predicted octanol–water partition coefficient (Wildman–Crippen LogP) is 4.28. The predicted molar refractivity (Wildman–Crippen MR) is 105 cm³/mol. The third-order valence-electron chi connectivity index (χ3n) is 4.85. The first-order chi connectivity index (χ1) is 13.1. The Bertz CT molecular complexity index is 920. The highest BCUT2D eigenvalue weighted by Gasteiger charge is 2.41. The van der Waals surface area contributed by atoms with E-state index in [1.54, 1.807) is 4.90 Å². The lowest BCUT2D eigenvalue weighted by molar-refractivity contribution is -0.119. The molecule has 2 atom stereocenters. The number of anilines is 1. The number of para-hydroxylation sites is 1. The summed E-state index contributed by atoms with van der Waals surface area (Å²) >= 11 is 0. The van der Waals surface area contributed by atoms with Crippen LogP contribution in [0.25, 0.3) is 0 Å². The fourth-order valence-corrected chi connectivity index (χ4v) is 3.40. The molecular weight excluding hydrogens is 338 g/mol. The molecule has 0 aliphatic carbocycles. The maximum absolute atomic E-state index is 12.9. The van der Waals surface area contributed by atoms with Gasteiger partial charge >= 0.3 is 0 Å². The lowest BCUT2D eigenvalue weighted by Crippen LogP contribution is -2.26. The smallest absolute Gasteiger partial charge is 0.237 e. The van der Waals surface area contributed by atoms with Gasteiger partial charge in [-0.3, -0.25) is 4.79 Å². The average Bonchev–Trinajstić information content (AvgIpc) is 2.98. The van der Waals surface area contributed by atoms with Gasteiger partial charge in [-0.1, -0.05) is 48.0 Å². The van der Waals surface area contributed by atoms with Crippen LogP contribution >= 0.6 is 0 Å². The SMILES string of the molecule is Cc1ccc(N2CC(O)C(c3ccc(Oc4ccccc4)cc3)C2=O)cc1. The van der Waals surface area contributed by atoms with Crippen molar-refractivity contribution in [3.05, 3.63) is 90.0 Å². The van der Waals surface area contributed by atoms with E-state index in [2.05, 4.69) is 0 Å². The van der Waals surface area contributed by atoms with E-state index < -0.39 is 12.0 Å². The molecule has 0 saturated carbocycles. The first kappa shape index (κ1) is 17.3. The van der Waals surface area contributed by atoms with E-state index in [0.717, 1.165) is 22.6 Å². The summed E-state index contributed by atoms with van der Waals surface area (Å²) in [7, 11) is 0. The normalized spacial score (nSPS) is 19.3. The molecule has 4 nitrogen and oxygen atoms in total. The molecule has 1 N–H and O–H groups in total. The zero-order chi connectivity index (χ0) is 18.8. The molecule has 0 aromatic heterocycles. The summed E-state index contributed by atoms with van der Waals surface area (Å²) in [5.41, 5.74) is 2.75. The number of aliphatic hydroxyl groups excluding tert-OH is 1. The van der Waals surface area contributed by atoms with E-state index in [9.17, 15) is 9.90 Å². The monoisotopic (exact) mass is 359 g/mol. The maximum Gasteiger partial charge on any atom is 0.237 e. The Morgan fingerprint density at radius 1 is 0.889 bits per heavy atom. The quantitative estimate of drug-likeness (QED) is 0.756. The van der Waals surface area contributed by atoms with Gasteiger partial charge in [-0.05, 0) is 48.9 Å². The van der Waals surface area contributed by atoms with E-state index in [4.69, 9.17) is 4.74 Å². The molecule has 27 heavy (non-hydrogen) atoms. The van der Waals surface area contributed by atoms with Crippen LogP contribution in [-0.2, 0) is 4.79 Å². The molecule has 3 aromatic rings. The van der Waals surface area contributed by atoms with Gasteiger partial charge in [-0.25, -0.2) is 0 Å². The summed E-state index contributed by atoms with van der Waals surface area (Å²) in [5, 5.41) is 10.5. The molecule has 1 aliphatic rings. The van der Waals surface area contributed by atoms with Crippen molar-refractivity contribution in [2.75, 3.05) is 11.4 Å². The molecule has 1 heterocycles. The number of β-amino-alcohol motifs (C(OH)–C–C–N with tert-alkyl or cyclic N) is 1. The fourth-order valence-electron chi connectivity index (χ4n) is 3.40. The number of benzene rings is 3. The van der Waals surface area contributed by atoms with Gasteiger partial charge in [0.1, 0.15) is 11.5 Å². The minimum atomic E-state index is -0.736. The van der Waals surface area contributed by atoms with Gasteiger partial charge in [0.15, 0.2) is 0 Å². The van der Waals surface area contributed by atoms with E-state index in [-0.39, 0.29) is 5.91 Å². The van der Waals surface area contributed by atoms with Crippen molar-refractivity contribution < 1.29 is 14.6 Å². The van der Waals surface area contributed by atoms with Crippen molar-refractivity contribution in [3.8, 4) is 11.5 Å². The molecule has 0 bridgehead atoms. The van der Waals surface area contributed by atoms with Crippen LogP contribution in [0.15, 0.2) is 78.9 Å². The Kier molecular flexibility index (Phi) is 4.65. The molecule has 1 fully saturated rings. The Morgan fingerprint density at radius 2 is 1.52 bits per heavy atom. The van der Waals surface area contributed by atoms with Crippen molar-refractivity contribution in [1.82, 2.24) is 0 Å². The van der Waals surface area contributed by atoms with Gasteiger partial charge in [0, 0.05) is 5.69 Å². The summed E-state index contributed by atoms with van der Waals surface area (Å²) in [6.07, 6.45) is -0.736. The van der Waals surface area contributed by atoms with Crippen molar-refractivity contribution in [3.63, 3.8) is 0 Å². The average molecular weight is 359 g/mol. The van der Waals surface area contributed by atoms with Crippen LogP contribution in [0.2, 0.25) is 0 Å². The number of hydrogen-bond acceptors (Lipinski definition) is 3. The third kappa shape index (κ3) is 3.57. The van der Waals surface area contributed by atoms with E-state index in [1.165, 1.54) is 0 Å². The van der Waals surface area contributed by atoms with E-state index in [0.29, 0.717) is 12.3 Å². The number of carbonyl (C=O) groups excluding carboxylic acids is 1. The van der Waals surface area contributed by atoms with Gasteiger partial charge < -0.3 is 14.7 Å². The molecule has 3 aromatic carbocycles. The molecule has 1 aliphatic heterocycles. The lowest BCUT2D eigenvalue weighted by Gasteiger charge is -2.17. The molecule has 2 unspecified atom stereocenters. The highest BCUT2D eigenvalue weighted by Crippen LogP contribution is 2.34. The summed E-state index contributed by atoms with van der Waals surface area (Å²) in [6, 6.07) is 24.7. The second-order valence-corrected chi connectivity index (χ2v) is 6.81. The number of carbonyl (C=O) groups is 1. The molecule has 136 valence electrons. The number of nitrogens with zero attached hydrogens (tertiary/aromatic N) is 1. The molecule has 1 amide bonds. The molecule has 4 rings (SSSR count). The standard InChI is InChI=1S/C23H21NO3/c1-16-7-11-18(12-8-16)24-15-21(25)22(23(24)26)17-9-13-20(14-10-17)27-19-5-3-2-4-6-19/h2-14,21-22,25H,15H2,1H3. The number of hydrogen-bond donors (Lipinski definition) is 1. The number of aryl methyl sites for hydroxylation is 1. The molecular formula is C23H21NO3. The van der Waals surface area contributed by atoms with Crippen LogP contribution in [0, 0.1) is 6.92 Å². The molecule has 4 heteroatoms. The lowest BCUT2D eigenvalue weighted by atomic mass is 9.95. The van der Waals surface area contributed by atoms with Crippen LogP contribution in [0.3, 0.4) is 0 Å². The Labute approximate surface area is 158 Å². The molecule has 0 radical (unpaired) electrons. The van der Waals surface area contributed by atoms with Gasteiger partial charge in [0.05, 0.1) is 18.6 Å². The van der Waals surface area contributed by atoms with Crippen molar-refractivity contribution in [2.24, 2.45) is 0 Å². The Hall–Kier alpha value is -3.11. The van der Waals surface area contributed by atoms with Crippen molar-refractivity contribution >= 4 is 11.6 Å². The second-order valence-electron chi connectivity index (χ2n) is 6.81. The van der Waals surface area contributed by atoms with Gasteiger partial charge in [0.2, 0.25) is 5.91 Å². The van der Waals surface area contributed by atoms with Crippen molar-refractivity contribution in [2.45, 2.75) is 18.9 Å². The Morgan fingerprint density at radius 3 is 2.19 bits per heavy atom. The summed E-state index contributed by atoms with van der Waals surface area (Å²) < 4.78 is 5.79. The van der Waals surface area contributed by atoms with Gasteiger partial charge in [0.25, 0.3) is 0 Å². The number of amides is 1. The van der Waals surface area contributed by atoms with Crippen LogP contribution in [0.4, 0.5) is 5.69 Å². The first-order valence-electron chi connectivity index (χ1n) is 9.01. The van der Waals surface area contributed by atoms with Crippen LogP contribution in [-0.4, -0.2) is 23.7 Å². The van der Waals surface area contributed by atoms with Gasteiger partial charge in [-0.2, -0.15) is 0 Å². The molecule has 1 saturated heterocycles. The second kappa shape index (κ2) is 7.25. The van der Waals surface area contributed by atoms with Crippen LogP contribution < -0.4 is 9.64 Å². The maximum atomic E-state index is 12.9. The zero-order valence-electron chi connectivity index (χ0n) is 15.1. The zero-order valence-corrected chi connectivity index (χ0v) is 15.1. The summed E-state index contributed by atoms with van der Waals surface area (Å²) in [6.45, 7) is 2.31. The minimum Gasteiger partial charge on any atom is -0.457 e.